The topological polar surface area (TPSA) is 84.0 Å². The van der Waals surface area contributed by atoms with Gasteiger partial charge in [-0.1, -0.05) is 26.0 Å². The third kappa shape index (κ3) is 4.80. The van der Waals surface area contributed by atoms with E-state index in [0.29, 0.717) is 36.2 Å². The van der Waals surface area contributed by atoms with Crippen LogP contribution >= 0.6 is 0 Å². The van der Waals surface area contributed by atoms with Gasteiger partial charge in [-0.25, -0.2) is 13.2 Å². The van der Waals surface area contributed by atoms with Crippen molar-refractivity contribution in [1.82, 2.24) is 4.31 Å². The molecule has 1 fully saturated rings. The quantitative estimate of drug-likeness (QED) is 0.660. The molecule has 0 bridgehead atoms. The van der Waals surface area contributed by atoms with Gasteiger partial charge in [0.1, 0.15) is 0 Å². The maximum Gasteiger partial charge on any atom is 0.339 e. The van der Waals surface area contributed by atoms with E-state index >= 15 is 0 Å². The number of hydrogen-bond donors (Lipinski definition) is 0. The van der Waals surface area contributed by atoms with Crippen molar-refractivity contribution in [3.05, 3.63) is 59.7 Å². The van der Waals surface area contributed by atoms with Crippen LogP contribution < -0.4 is 4.90 Å². The summed E-state index contributed by atoms with van der Waals surface area (Å²) in [7, 11) is -0.774. The number of hydrogen-bond acceptors (Lipinski definition) is 5. The molecular formula is C23H28N2O5S. The predicted octanol–water partition coefficient (Wildman–Crippen LogP) is 3.42. The highest BCUT2D eigenvalue weighted by molar-refractivity contribution is 7.89. The normalized spacial score (nSPS) is 19.6. The number of sulfonamides is 1. The number of nitrogens with zero attached hydrogens (tertiary/aromatic N) is 2. The molecule has 0 unspecified atom stereocenters. The van der Waals surface area contributed by atoms with Crippen LogP contribution in [-0.2, 0) is 14.8 Å². The van der Waals surface area contributed by atoms with Gasteiger partial charge < -0.3 is 9.64 Å². The number of carbonyl (C=O) groups excluding carboxylic acids is 2. The van der Waals surface area contributed by atoms with Crippen molar-refractivity contribution in [1.29, 1.82) is 0 Å². The number of carbonyl (C=O) groups is 2. The van der Waals surface area contributed by atoms with Crippen LogP contribution in [0, 0.1) is 11.8 Å². The number of para-hydroxylation sites is 1. The molecule has 1 amide bonds. The summed E-state index contributed by atoms with van der Waals surface area (Å²) in [5, 5.41) is 0. The van der Waals surface area contributed by atoms with Crippen LogP contribution in [-0.4, -0.2) is 51.8 Å². The van der Waals surface area contributed by atoms with Gasteiger partial charge in [0.15, 0.2) is 0 Å². The number of rotatable bonds is 5. The van der Waals surface area contributed by atoms with Gasteiger partial charge >= 0.3 is 5.97 Å². The van der Waals surface area contributed by atoms with Crippen LogP contribution in [0.3, 0.4) is 0 Å². The lowest BCUT2D eigenvalue weighted by Gasteiger charge is -2.34. The molecule has 0 aliphatic carbocycles. The highest BCUT2D eigenvalue weighted by Gasteiger charge is 2.31. The number of anilines is 1. The number of piperidine rings is 1. The number of benzene rings is 2. The first-order valence-electron chi connectivity index (χ1n) is 10.2. The summed E-state index contributed by atoms with van der Waals surface area (Å²) in [6, 6.07) is 12.6. The molecular weight excluding hydrogens is 416 g/mol. The van der Waals surface area contributed by atoms with E-state index < -0.39 is 16.0 Å². The third-order valence-corrected chi connectivity index (χ3v) is 7.40. The summed E-state index contributed by atoms with van der Waals surface area (Å²) in [4.78, 5) is 26.5. The minimum Gasteiger partial charge on any atom is -0.465 e. The Kier molecular flexibility index (Phi) is 6.81. The Bertz CT molecular complexity index is 1060. The summed E-state index contributed by atoms with van der Waals surface area (Å²) >= 11 is 0. The van der Waals surface area contributed by atoms with Gasteiger partial charge in [-0.2, -0.15) is 4.31 Å². The Balaban J connectivity index is 1.83. The van der Waals surface area contributed by atoms with Crippen LogP contribution in [0.5, 0.6) is 0 Å². The molecule has 1 aliphatic rings. The zero-order valence-electron chi connectivity index (χ0n) is 18.2. The molecule has 0 radical (unpaired) electrons. The van der Waals surface area contributed by atoms with Crippen molar-refractivity contribution in [3.8, 4) is 0 Å². The lowest BCUT2D eigenvalue weighted by atomic mass is 9.94. The molecule has 8 heteroatoms. The molecule has 166 valence electrons. The first kappa shape index (κ1) is 23.0. The lowest BCUT2D eigenvalue weighted by molar-refractivity contribution is 0.0601. The first-order chi connectivity index (χ1) is 14.6. The highest BCUT2D eigenvalue weighted by Crippen LogP contribution is 2.27. The van der Waals surface area contributed by atoms with Crippen LogP contribution in [0.1, 0.15) is 41.0 Å². The molecule has 2 aromatic carbocycles. The number of ether oxygens (including phenoxy) is 1. The van der Waals surface area contributed by atoms with Gasteiger partial charge in [0.25, 0.3) is 5.91 Å². The van der Waals surface area contributed by atoms with Gasteiger partial charge in [-0.05, 0) is 54.7 Å². The van der Waals surface area contributed by atoms with Gasteiger partial charge in [0.05, 0.1) is 23.3 Å². The Morgan fingerprint density at radius 1 is 1.00 bits per heavy atom. The Morgan fingerprint density at radius 3 is 2.16 bits per heavy atom. The fourth-order valence-corrected chi connectivity index (χ4v) is 5.75. The van der Waals surface area contributed by atoms with Gasteiger partial charge in [-0.15, -0.1) is 0 Å². The molecule has 2 atom stereocenters. The number of esters is 1. The van der Waals surface area contributed by atoms with Crippen LogP contribution in [0.15, 0.2) is 53.4 Å². The second kappa shape index (κ2) is 9.20. The molecule has 1 heterocycles. The van der Waals surface area contributed by atoms with E-state index in [4.69, 9.17) is 4.74 Å². The monoisotopic (exact) mass is 444 g/mol. The number of amides is 1. The molecule has 3 rings (SSSR count). The summed E-state index contributed by atoms with van der Waals surface area (Å²) in [5.74, 6) is -0.284. The summed E-state index contributed by atoms with van der Waals surface area (Å²) in [5.41, 5.74) is 1.00. The molecule has 0 saturated carbocycles. The summed E-state index contributed by atoms with van der Waals surface area (Å²) < 4.78 is 32.4. The summed E-state index contributed by atoms with van der Waals surface area (Å²) in [6.07, 6.45) is 1.01. The maximum atomic E-state index is 13.0. The molecule has 7 nitrogen and oxygen atoms in total. The van der Waals surface area contributed by atoms with Crippen molar-refractivity contribution in [2.24, 2.45) is 11.8 Å². The van der Waals surface area contributed by atoms with Crippen LogP contribution in [0.2, 0.25) is 0 Å². The zero-order chi connectivity index (χ0) is 22.8. The number of methoxy groups -OCH3 is 1. The van der Waals surface area contributed by atoms with Gasteiger partial charge in [0, 0.05) is 25.7 Å². The van der Waals surface area contributed by atoms with E-state index in [2.05, 4.69) is 13.8 Å². The van der Waals surface area contributed by atoms with E-state index in [-0.39, 0.29) is 16.4 Å². The Labute approximate surface area is 183 Å². The second-order valence-electron chi connectivity index (χ2n) is 8.17. The van der Waals surface area contributed by atoms with E-state index in [1.165, 1.54) is 40.6 Å². The smallest absolute Gasteiger partial charge is 0.339 e. The van der Waals surface area contributed by atoms with Crippen molar-refractivity contribution in [2.45, 2.75) is 25.2 Å². The van der Waals surface area contributed by atoms with E-state index in [1.54, 1.807) is 31.3 Å². The second-order valence-corrected chi connectivity index (χ2v) is 10.1. The Morgan fingerprint density at radius 2 is 1.58 bits per heavy atom. The molecule has 1 saturated heterocycles. The SMILES string of the molecule is COC(=O)c1ccccc1N(C)C(=O)c1ccc(S(=O)(=O)N2C[C@H](C)C[C@@H](C)C2)cc1. The zero-order valence-corrected chi connectivity index (χ0v) is 19.1. The Hall–Kier alpha value is -2.71. The van der Waals surface area contributed by atoms with Crippen LogP contribution in [0.4, 0.5) is 5.69 Å². The van der Waals surface area contributed by atoms with Crippen molar-refractivity contribution in [3.63, 3.8) is 0 Å². The summed E-state index contributed by atoms with van der Waals surface area (Å²) in [6.45, 7) is 5.12. The maximum absolute atomic E-state index is 13.0. The highest BCUT2D eigenvalue weighted by atomic mass is 32.2. The lowest BCUT2D eigenvalue weighted by Crippen LogP contribution is -2.42. The first-order valence-corrected chi connectivity index (χ1v) is 11.6. The molecule has 0 N–H and O–H groups in total. The molecule has 1 aliphatic heterocycles. The standard InChI is InChI=1S/C23H28N2O5S/c1-16-13-17(2)15-25(14-16)31(28,29)19-11-9-18(10-12-19)22(26)24(3)21-8-6-5-7-20(21)23(27)30-4/h5-12,16-17H,13-15H2,1-4H3/t16-,17-/m1/s1. The van der Waals surface area contributed by atoms with Crippen molar-refractivity contribution < 1.29 is 22.7 Å². The van der Waals surface area contributed by atoms with Crippen LogP contribution in [0.25, 0.3) is 0 Å². The average Bonchev–Trinajstić information content (AvgIpc) is 2.77. The van der Waals surface area contributed by atoms with Gasteiger partial charge in [0.2, 0.25) is 10.0 Å². The minimum atomic E-state index is -3.62. The molecule has 2 aromatic rings. The minimum absolute atomic E-state index is 0.169. The fraction of sp³-hybridized carbons (Fsp3) is 0.391. The third-order valence-electron chi connectivity index (χ3n) is 5.55. The van der Waals surface area contributed by atoms with Crippen molar-refractivity contribution in [2.75, 3.05) is 32.1 Å². The van der Waals surface area contributed by atoms with Crippen molar-refractivity contribution >= 4 is 27.6 Å². The molecule has 0 aromatic heterocycles. The molecule has 31 heavy (non-hydrogen) atoms. The molecule has 0 spiro atoms. The fourth-order valence-electron chi connectivity index (χ4n) is 4.07. The largest absolute Gasteiger partial charge is 0.465 e. The average molecular weight is 445 g/mol. The van der Waals surface area contributed by atoms with E-state index in [1.807, 2.05) is 0 Å². The van der Waals surface area contributed by atoms with E-state index in [9.17, 15) is 18.0 Å². The predicted molar refractivity (Wildman–Crippen MR) is 119 cm³/mol. The van der Waals surface area contributed by atoms with E-state index in [0.717, 1.165) is 6.42 Å². The van der Waals surface area contributed by atoms with Gasteiger partial charge in [-0.3, -0.25) is 4.79 Å².